The molecular weight excluding hydrogens is 372 g/mol. The lowest BCUT2D eigenvalue weighted by Gasteiger charge is -2.31. The molecule has 2 aromatic carbocycles. The molecule has 0 bridgehead atoms. The van der Waals surface area contributed by atoms with Crippen molar-refractivity contribution in [3.8, 4) is 11.1 Å². The molecule has 0 spiro atoms. The highest BCUT2D eigenvalue weighted by atomic mass is 16.5. The smallest absolute Gasteiger partial charge is 0.226 e. The summed E-state index contributed by atoms with van der Waals surface area (Å²) in [5.41, 5.74) is 5.18. The summed E-state index contributed by atoms with van der Waals surface area (Å²) < 4.78 is 5.47. The summed E-state index contributed by atoms with van der Waals surface area (Å²) in [4.78, 5) is 15.4. The van der Waals surface area contributed by atoms with E-state index in [1.165, 1.54) is 22.3 Å². The van der Waals surface area contributed by atoms with Crippen LogP contribution < -0.4 is 5.32 Å². The summed E-state index contributed by atoms with van der Waals surface area (Å²) in [6, 6.07) is 18.3. The Balaban J connectivity index is 1.22. The van der Waals surface area contributed by atoms with Gasteiger partial charge in [0.15, 0.2) is 0 Å². The molecule has 2 fully saturated rings. The Morgan fingerprint density at radius 1 is 0.900 bits per heavy atom. The van der Waals surface area contributed by atoms with Crippen LogP contribution in [0.2, 0.25) is 0 Å². The molecule has 0 radical (unpaired) electrons. The van der Waals surface area contributed by atoms with Crippen LogP contribution in [0, 0.1) is 5.92 Å². The Labute approximate surface area is 179 Å². The second-order valence-corrected chi connectivity index (χ2v) is 9.12. The van der Waals surface area contributed by atoms with Gasteiger partial charge in [0.2, 0.25) is 5.91 Å². The van der Waals surface area contributed by atoms with E-state index in [1.807, 2.05) is 6.07 Å². The third-order valence-corrected chi connectivity index (χ3v) is 7.11. The lowest BCUT2D eigenvalue weighted by molar-refractivity contribution is -0.136. The van der Waals surface area contributed by atoms with Crippen LogP contribution in [-0.2, 0) is 22.5 Å². The van der Waals surface area contributed by atoms with E-state index in [0.717, 1.165) is 64.8 Å². The van der Waals surface area contributed by atoms with Gasteiger partial charge in [-0.05, 0) is 66.8 Å². The van der Waals surface area contributed by atoms with Gasteiger partial charge in [-0.2, -0.15) is 0 Å². The van der Waals surface area contributed by atoms with Crippen molar-refractivity contribution in [2.45, 2.75) is 57.2 Å². The molecule has 5 rings (SSSR count). The van der Waals surface area contributed by atoms with E-state index in [9.17, 15) is 4.79 Å². The second-order valence-electron chi connectivity index (χ2n) is 9.12. The SMILES string of the molecule is O=C(C1CCC(NC2CCOCC2)C1)N1CCc2ccc(-c3ccccc3)cc2C1. The van der Waals surface area contributed by atoms with Crippen LogP contribution in [0.4, 0.5) is 0 Å². The molecule has 1 N–H and O–H groups in total. The Morgan fingerprint density at radius 2 is 1.73 bits per heavy atom. The van der Waals surface area contributed by atoms with Crippen molar-refractivity contribution in [2.24, 2.45) is 5.92 Å². The van der Waals surface area contributed by atoms with Gasteiger partial charge in [0, 0.05) is 44.3 Å². The minimum absolute atomic E-state index is 0.182. The predicted octanol–water partition coefficient (Wildman–Crippen LogP) is 4.18. The highest BCUT2D eigenvalue weighted by Gasteiger charge is 2.34. The molecule has 3 aliphatic rings. The Hall–Kier alpha value is -2.17. The Bertz CT molecular complexity index is 876. The van der Waals surface area contributed by atoms with E-state index in [4.69, 9.17) is 4.74 Å². The van der Waals surface area contributed by atoms with Crippen LogP contribution in [0.15, 0.2) is 48.5 Å². The van der Waals surface area contributed by atoms with Crippen LogP contribution in [0.3, 0.4) is 0 Å². The molecule has 1 amide bonds. The standard InChI is InChI=1S/C26H32N2O2/c29-26(22-8-9-25(17-22)27-24-11-14-30-15-12-24)28-13-10-20-6-7-21(16-23(20)18-28)19-4-2-1-3-5-19/h1-7,16,22,24-25,27H,8-15,17-18H2. The molecule has 30 heavy (non-hydrogen) atoms. The normalized spacial score (nSPS) is 24.6. The molecule has 0 aromatic heterocycles. The van der Waals surface area contributed by atoms with E-state index in [1.54, 1.807) is 0 Å². The molecule has 1 saturated carbocycles. The molecule has 2 unspecified atom stereocenters. The van der Waals surface area contributed by atoms with E-state index < -0.39 is 0 Å². The van der Waals surface area contributed by atoms with Gasteiger partial charge in [0.25, 0.3) is 0 Å². The zero-order valence-corrected chi connectivity index (χ0v) is 17.7. The number of ether oxygens (including phenoxy) is 1. The number of carbonyl (C=O) groups excluding carboxylic acids is 1. The number of hydrogen-bond donors (Lipinski definition) is 1. The first-order valence-electron chi connectivity index (χ1n) is 11.6. The van der Waals surface area contributed by atoms with Crippen molar-refractivity contribution in [1.29, 1.82) is 0 Å². The lowest BCUT2D eigenvalue weighted by atomic mass is 9.94. The van der Waals surface area contributed by atoms with Crippen molar-refractivity contribution >= 4 is 5.91 Å². The summed E-state index contributed by atoms with van der Waals surface area (Å²) in [6.07, 6.45) is 6.29. The summed E-state index contributed by atoms with van der Waals surface area (Å²) >= 11 is 0. The van der Waals surface area contributed by atoms with Gasteiger partial charge in [-0.15, -0.1) is 0 Å². The molecule has 2 heterocycles. The maximum absolute atomic E-state index is 13.3. The van der Waals surface area contributed by atoms with Crippen molar-refractivity contribution in [2.75, 3.05) is 19.8 Å². The average Bonchev–Trinajstić information content (AvgIpc) is 3.27. The fourth-order valence-electron chi connectivity index (χ4n) is 5.37. The first kappa shape index (κ1) is 19.8. The van der Waals surface area contributed by atoms with Crippen molar-refractivity contribution in [1.82, 2.24) is 10.2 Å². The number of fused-ring (bicyclic) bond motifs is 1. The minimum Gasteiger partial charge on any atom is -0.381 e. The van der Waals surface area contributed by atoms with Crippen LogP contribution in [0.25, 0.3) is 11.1 Å². The average molecular weight is 405 g/mol. The largest absolute Gasteiger partial charge is 0.381 e. The van der Waals surface area contributed by atoms with Gasteiger partial charge >= 0.3 is 0 Å². The number of nitrogens with zero attached hydrogens (tertiary/aromatic N) is 1. The predicted molar refractivity (Wildman–Crippen MR) is 119 cm³/mol. The molecule has 2 aliphatic heterocycles. The quantitative estimate of drug-likeness (QED) is 0.831. The van der Waals surface area contributed by atoms with Crippen LogP contribution in [0.5, 0.6) is 0 Å². The summed E-state index contributed by atoms with van der Waals surface area (Å²) in [6.45, 7) is 3.34. The van der Waals surface area contributed by atoms with Gasteiger partial charge in [0.1, 0.15) is 0 Å². The Morgan fingerprint density at radius 3 is 2.57 bits per heavy atom. The van der Waals surface area contributed by atoms with E-state index in [0.29, 0.717) is 18.0 Å². The topological polar surface area (TPSA) is 41.6 Å². The fourth-order valence-corrected chi connectivity index (χ4v) is 5.37. The van der Waals surface area contributed by atoms with E-state index >= 15 is 0 Å². The van der Waals surface area contributed by atoms with Gasteiger partial charge < -0.3 is 15.0 Å². The zero-order chi connectivity index (χ0) is 20.3. The van der Waals surface area contributed by atoms with E-state index in [-0.39, 0.29) is 5.92 Å². The number of hydrogen-bond acceptors (Lipinski definition) is 3. The van der Waals surface area contributed by atoms with Crippen molar-refractivity contribution in [3.63, 3.8) is 0 Å². The second kappa shape index (κ2) is 8.91. The van der Waals surface area contributed by atoms with Crippen LogP contribution in [-0.4, -0.2) is 42.6 Å². The number of nitrogens with one attached hydrogen (secondary N) is 1. The number of amides is 1. The van der Waals surface area contributed by atoms with Gasteiger partial charge in [-0.3, -0.25) is 4.79 Å². The third kappa shape index (κ3) is 4.30. The van der Waals surface area contributed by atoms with Gasteiger partial charge in [0.05, 0.1) is 0 Å². The Kier molecular flexibility index (Phi) is 5.87. The van der Waals surface area contributed by atoms with Crippen molar-refractivity contribution in [3.05, 3.63) is 59.7 Å². The number of benzene rings is 2. The molecule has 4 nitrogen and oxygen atoms in total. The monoisotopic (exact) mass is 404 g/mol. The van der Waals surface area contributed by atoms with Crippen molar-refractivity contribution < 1.29 is 9.53 Å². The lowest BCUT2D eigenvalue weighted by Crippen LogP contribution is -2.42. The highest BCUT2D eigenvalue weighted by Crippen LogP contribution is 2.31. The van der Waals surface area contributed by atoms with Crippen LogP contribution in [0.1, 0.15) is 43.2 Å². The highest BCUT2D eigenvalue weighted by molar-refractivity contribution is 5.79. The maximum Gasteiger partial charge on any atom is 0.226 e. The van der Waals surface area contributed by atoms with Gasteiger partial charge in [-0.25, -0.2) is 0 Å². The zero-order valence-electron chi connectivity index (χ0n) is 17.7. The molecule has 4 heteroatoms. The molecule has 1 aliphatic carbocycles. The van der Waals surface area contributed by atoms with Gasteiger partial charge in [-0.1, -0.05) is 42.5 Å². The summed E-state index contributed by atoms with van der Waals surface area (Å²) in [7, 11) is 0. The minimum atomic E-state index is 0.182. The molecule has 158 valence electrons. The maximum atomic E-state index is 13.3. The molecule has 2 aromatic rings. The number of carbonyl (C=O) groups is 1. The molecule has 1 saturated heterocycles. The van der Waals surface area contributed by atoms with Crippen LogP contribution >= 0.6 is 0 Å². The first-order valence-corrected chi connectivity index (χ1v) is 11.6. The van der Waals surface area contributed by atoms with E-state index in [2.05, 4.69) is 52.7 Å². The summed E-state index contributed by atoms with van der Waals surface area (Å²) in [5.74, 6) is 0.545. The third-order valence-electron chi connectivity index (χ3n) is 7.11. The first-order chi connectivity index (χ1) is 14.8. The molecule has 2 atom stereocenters. The molecular formula is C26H32N2O2. The summed E-state index contributed by atoms with van der Waals surface area (Å²) in [5, 5.41) is 3.80. The fraction of sp³-hybridized carbons (Fsp3) is 0.500. The number of rotatable bonds is 4.